The quantitative estimate of drug-likeness (QED) is 0.863. The normalized spacial score (nSPS) is 10.5. The number of aromatic hydroxyl groups is 1. The van der Waals surface area contributed by atoms with Crippen molar-refractivity contribution in [1.82, 2.24) is 0 Å². The molecule has 1 nitrogen and oxygen atoms in total. The van der Waals surface area contributed by atoms with Crippen molar-refractivity contribution in [3.63, 3.8) is 0 Å². The molecule has 0 atom stereocenters. The molecule has 0 aromatic heterocycles. The van der Waals surface area contributed by atoms with Crippen molar-refractivity contribution < 1.29 is 5.11 Å². The summed E-state index contributed by atoms with van der Waals surface area (Å²) in [5.41, 5.74) is 1.33. The van der Waals surface area contributed by atoms with E-state index in [-0.39, 0.29) is 5.75 Å². The molecule has 1 N–H and O–H groups in total. The molecule has 0 aliphatic heterocycles. The SMILES string of the molecule is CCc1ccc(Sc2ccc(Cl)c(O)c2)cc1. The maximum absolute atomic E-state index is 9.52. The molecule has 2 aromatic rings. The molecule has 0 radical (unpaired) electrons. The van der Waals surface area contributed by atoms with E-state index in [2.05, 4.69) is 31.2 Å². The summed E-state index contributed by atoms with van der Waals surface area (Å²) in [7, 11) is 0. The molecule has 88 valence electrons. The third-order valence-electron chi connectivity index (χ3n) is 2.48. The minimum atomic E-state index is 0.127. The summed E-state index contributed by atoms with van der Waals surface area (Å²) in [5, 5.41) is 9.90. The van der Waals surface area contributed by atoms with Crippen LogP contribution in [0.1, 0.15) is 12.5 Å². The van der Waals surface area contributed by atoms with Crippen LogP contribution in [0.15, 0.2) is 52.3 Å². The topological polar surface area (TPSA) is 20.2 Å². The number of halogens is 1. The van der Waals surface area contributed by atoms with E-state index in [1.165, 1.54) is 5.56 Å². The van der Waals surface area contributed by atoms with Crippen LogP contribution in [0, 0.1) is 0 Å². The van der Waals surface area contributed by atoms with Crippen LogP contribution in [0.25, 0.3) is 0 Å². The van der Waals surface area contributed by atoms with Crippen molar-refractivity contribution >= 4 is 23.4 Å². The van der Waals surface area contributed by atoms with Crippen molar-refractivity contribution in [3.8, 4) is 5.75 Å². The van der Waals surface area contributed by atoms with Crippen LogP contribution in [0.3, 0.4) is 0 Å². The Morgan fingerprint density at radius 3 is 2.29 bits per heavy atom. The maximum atomic E-state index is 9.52. The molecule has 3 heteroatoms. The monoisotopic (exact) mass is 264 g/mol. The average Bonchev–Trinajstić information content (AvgIpc) is 2.35. The Morgan fingerprint density at radius 1 is 1.06 bits per heavy atom. The highest BCUT2D eigenvalue weighted by Gasteiger charge is 2.02. The number of phenolic OH excluding ortho intramolecular Hbond substituents is 1. The van der Waals surface area contributed by atoms with Gasteiger partial charge in [0.05, 0.1) is 5.02 Å². The van der Waals surface area contributed by atoms with Gasteiger partial charge in [0.2, 0.25) is 0 Å². The first-order valence-corrected chi connectivity index (χ1v) is 6.64. The zero-order valence-electron chi connectivity index (χ0n) is 9.48. The molecule has 2 aromatic carbocycles. The molecule has 0 amide bonds. The molecule has 0 heterocycles. The van der Waals surface area contributed by atoms with Gasteiger partial charge in [0.25, 0.3) is 0 Å². The summed E-state index contributed by atoms with van der Waals surface area (Å²) in [6.45, 7) is 2.14. The van der Waals surface area contributed by atoms with E-state index in [0.717, 1.165) is 16.2 Å². The van der Waals surface area contributed by atoms with E-state index in [1.54, 1.807) is 23.9 Å². The Balaban J connectivity index is 2.16. The number of benzene rings is 2. The van der Waals surface area contributed by atoms with Gasteiger partial charge in [0.15, 0.2) is 0 Å². The van der Waals surface area contributed by atoms with E-state index in [9.17, 15) is 5.11 Å². The summed E-state index contributed by atoms with van der Waals surface area (Å²) in [4.78, 5) is 2.14. The van der Waals surface area contributed by atoms with Gasteiger partial charge in [-0.3, -0.25) is 0 Å². The van der Waals surface area contributed by atoms with Gasteiger partial charge in [-0.2, -0.15) is 0 Å². The molecule has 0 aliphatic rings. The van der Waals surface area contributed by atoms with Crippen LogP contribution in [0.2, 0.25) is 5.02 Å². The van der Waals surface area contributed by atoms with Crippen LogP contribution in [-0.4, -0.2) is 5.11 Å². The highest BCUT2D eigenvalue weighted by Crippen LogP contribution is 2.33. The minimum Gasteiger partial charge on any atom is -0.506 e. The van der Waals surface area contributed by atoms with Crippen molar-refractivity contribution in [1.29, 1.82) is 0 Å². The Bertz CT molecular complexity index is 508. The van der Waals surface area contributed by atoms with Crippen LogP contribution < -0.4 is 0 Å². The highest BCUT2D eigenvalue weighted by atomic mass is 35.5. The second-order valence-corrected chi connectivity index (χ2v) is 5.27. The first kappa shape index (κ1) is 12.3. The summed E-state index contributed by atoms with van der Waals surface area (Å²) < 4.78 is 0. The molecular weight excluding hydrogens is 252 g/mol. The zero-order chi connectivity index (χ0) is 12.3. The number of phenols is 1. The number of hydrogen-bond donors (Lipinski definition) is 1. The molecule has 0 unspecified atom stereocenters. The second kappa shape index (κ2) is 5.48. The smallest absolute Gasteiger partial charge is 0.135 e. The first-order chi connectivity index (χ1) is 8.19. The van der Waals surface area contributed by atoms with Crippen molar-refractivity contribution in [2.24, 2.45) is 0 Å². The van der Waals surface area contributed by atoms with E-state index in [4.69, 9.17) is 11.6 Å². The third kappa shape index (κ3) is 3.18. The van der Waals surface area contributed by atoms with E-state index < -0.39 is 0 Å². The fourth-order valence-electron chi connectivity index (χ4n) is 1.49. The van der Waals surface area contributed by atoms with Gasteiger partial charge in [-0.05, 0) is 42.3 Å². The molecule has 2 rings (SSSR count). The third-order valence-corrected chi connectivity index (χ3v) is 3.80. The van der Waals surface area contributed by atoms with Gasteiger partial charge in [-0.25, -0.2) is 0 Å². The lowest BCUT2D eigenvalue weighted by Gasteiger charge is -2.04. The first-order valence-electron chi connectivity index (χ1n) is 5.44. The predicted octanol–water partition coefficient (Wildman–Crippen LogP) is 4.76. The number of rotatable bonds is 3. The largest absolute Gasteiger partial charge is 0.506 e. The minimum absolute atomic E-state index is 0.127. The average molecular weight is 265 g/mol. The van der Waals surface area contributed by atoms with Crippen LogP contribution in [0.5, 0.6) is 5.75 Å². The van der Waals surface area contributed by atoms with E-state index in [1.807, 2.05) is 6.07 Å². The van der Waals surface area contributed by atoms with Gasteiger partial charge in [0, 0.05) is 9.79 Å². The Hall–Kier alpha value is -1.12. The molecule has 0 saturated heterocycles. The second-order valence-electron chi connectivity index (χ2n) is 3.71. The fourth-order valence-corrected chi connectivity index (χ4v) is 2.45. The van der Waals surface area contributed by atoms with E-state index >= 15 is 0 Å². The molecule has 0 bridgehead atoms. The molecule has 0 fully saturated rings. The highest BCUT2D eigenvalue weighted by molar-refractivity contribution is 7.99. The Morgan fingerprint density at radius 2 is 1.71 bits per heavy atom. The van der Waals surface area contributed by atoms with Crippen molar-refractivity contribution in [2.75, 3.05) is 0 Å². The summed E-state index contributed by atoms with van der Waals surface area (Å²) >= 11 is 7.37. The molecule has 0 aliphatic carbocycles. The molecule has 0 spiro atoms. The van der Waals surface area contributed by atoms with Crippen LogP contribution >= 0.6 is 23.4 Å². The lowest BCUT2D eigenvalue weighted by Crippen LogP contribution is -1.79. The van der Waals surface area contributed by atoms with Gasteiger partial charge in [0.1, 0.15) is 5.75 Å². The Kier molecular flexibility index (Phi) is 3.97. The van der Waals surface area contributed by atoms with E-state index in [0.29, 0.717) is 5.02 Å². The fraction of sp³-hybridized carbons (Fsp3) is 0.143. The lowest BCUT2D eigenvalue weighted by molar-refractivity contribution is 0.474. The zero-order valence-corrected chi connectivity index (χ0v) is 11.1. The number of aryl methyl sites for hydroxylation is 1. The van der Waals surface area contributed by atoms with Crippen LogP contribution in [-0.2, 0) is 6.42 Å². The van der Waals surface area contributed by atoms with Crippen LogP contribution in [0.4, 0.5) is 0 Å². The molecule has 17 heavy (non-hydrogen) atoms. The molecule has 0 saturated carbocycles. The summed E-state index contributed by atoms with van der Waals surface area (Å²) in [6, 6.07) is 13.7. The standard InChI is InChI=1S/C14H13ClOS/c1-2-10-3-5-11(6-4-10)17-12-7-8-13(15)14(16)9-12/h3-9,16H,2H2,1H3. The van der Waals surface area contributed by atoms with Crippen molar-refractivity contribution in [2.45, 2.75) is 23.1 Å². The van der Waals surface area contributed by atoms with Gasteiger partial charge >= 0.3 is 0 Å². The number of hydrogen-bond acceptors (Lipinski definition) is 2. The summed E-state index contributed by atoms with van der Waals surface area (Å²) in [5.74, 6) is 0.127. The lowest BCUT2D eigenvalue weighted by atomic mass is 10.2. The predicted molar refractivity (Wildman–Crippen MR) is 73.1 cm³/mol. The van der Waals surface area contributed by atoms with Gasteiger partial charge in [-0.1, -0.05) is 42.4 Å². The van der Waals surface area contributed by atoms with Crippen molar-refractivity contribution in [3.05, 3.63) is 53.1 Å². The van der Waals surface area contributed by atoms with Gasteiger partial charge in [-0.15, -0.1) is 0 Å². The Labute approximate surface area is 110 Å². The summed E-state index contributed by atoms with van der Waals surface area (Å²) in [6.07, 6.45) is 1.05. The maximum Gasteiger partial charge on any atom is 0.135 e. The van der Waals surface area contributed by atoms with Gasteiger partial charge < -0.3 is 5.11 Å². The molecular formula is C14H13ClOS.